The summed E-state index contributed by atoms with van der Waals surface area (Å²) in [5.41, 5.74) is 5.58. The van der Waals surface area contributed by atoms with Gasteiger partial charge in [-0.2, -0.15) is 0 Å². The standard InChI is InChI=1S/C43H66OSi/c1-27-22-33-32(29-18-14-12-15-19-29)24-31(42(3,4)5)25-35(33)40(27)45(10,11)41-28(2)23-34-36(41)26-37(43(6,7)8)39(44-9)38(34)30-20-16-13-17-21-30/h12-21,27-28,31-41H,22-26H2,1-11H3. The first-order valence-electron chi connectivity index (χ1n) is 18.8. The van der Waals surface area contributed by atoms with E-state index in [1.54, 1.807) is 5.56 Å². The van der Waals surface area contributed by atoms with E-state index in [1.807, 2.05) is 7.11 Å². The summed E-state index contributed by atoms with van der Waals surface area (Å²) < 4.78 is 6.56. The molecular formula is C43H66OSi. The lowest BCUT2D eigenvalue weighted by Gasteiger charge is -2.54. The highest BCUT2D eigenvalue weighted by Crippen LogP contribution is 2.69. The van der Waals surface area contributed by atoms with Crippen LogP contribution in [0.3, 0.4) is 0 Å². The van der Waals surface area contributed by atoms with E-state index < -0.39 is 8.07 Å². The molecule has 4 aliphatic rings. The van der Waals surface area contributed by atoms with Gasteiger partial charge in [0.05, 0.1) is 14.2 Å². The molecule has 0 bridgehead atoms. The molecule has 1 nitrogen and oxygen atoms in total. The van der Waals surface area contributed by atoms with Gasteiger partial charge in [-0.1, -0.05) is 129 Å². The Hall–Kier alpha value is -1.38. The van der Waals surface area contributed by atoms with E-state index in [0.29, 0.717) is 23.4 Å². The number of benzene rings is 2. The van der Waals surface area contributed by atoms with Crippen LogP contribution in [0.4, 0.5) is 0 Å². The zero-order valence-corrected chi connectivity index (χ0v) is 31.7. The molecule has 6 rings (SSSR count). The van der Waals surface area contributed by atoms with E-state index in [0.717, 1.165) is 58.4 Å². The first-order chi connectivity index (χ1) is 21.1. The second-order valence-electron chi connectivity index (χ2n) is 19.4. The van der Waals surface area contributed by atoms with Crippen LogP contribution in [0, 0.1) is 58.2 Å². The van der Waals surface area contributed by atoms with Gasteiger partial charge in [0.15, 0.2) is 0 Å². The molecule has 0 saturated heterocycles. The molecule has 2 heteroatoms. The van der Waals surface area contributed by atoms with Gasteiger partial charge in [0, 0.05) is 13.0 Å². The fourth-order valence-corrected chi connectivity index (χ4v) is 19.7. The summed E-state index contributed by atoms with van der Waals surface area (Å²) in [6.45, 7) is 26.2. The molecule has 2 aromatic rings. The molecule has 13 unspecified atom stereocenters. The van der Waals surface area contributed by atoms with Gasteiger partial charge in [0.2, 0.25) is 0 Å². The molecule has 0 heterocycles. The third-order valence-corrected chi connectivity index (χ3v) is 20.1. The van der Waals surface area contributed by atoms with Crippen LogP contribution >= 0.6 is 0 Å². The van der Waals surface area contributed by atoms with Crippen molar-refractivity contribution in [3.05, 3.63) is 71.8 Å². The van der Waals surface area contributed by atoms with Crippen molar-refractivity contribution in [3.8, 4) is 0 Å². The van der Waals surface area contributed by atoms with Crippen LogP contribution in [0.2, 0.25) is 24.2 Å². The van der Waals surface area contributed by atoms with Crippen LogP contribution in [-0.4, -0.2) is 21.3 Å². The quantitative estimate of drug-likeness (QED) is 0.300. The van der Waals surface area contributed by atoms with Crippen molar-refractivity contribution in [1.82, 2.24) is 0 Å². The summed E-state index contributed by atoms with van der Waals surface area (Å²) >= 11 is 0. The van der Waals surface area contributed by atoms with Gasteiger partial charge in [-0.15, -0.1) is 0 Å². The average molecular weight is 627 g/mol. The van der Waals surface area contributed by atoms with Gasteiger partial charge in [-0.25, -0.2) is 0 Å². The molecule has 13 atom stereocenters. The maximum atomic E-state index is 6.56. The Morgan fingerprint density at radius 2 is 1.11 bits per heavy atom. The molecule has 0 amide bonds. The third-order valence-electron chi connectivity index (χ3n) is 14.6. The number of rotatable bonds is 5. The van der Waals surface area contributed by atoms with Crippen molar-refractivity contribution < 1.29 is 4.74 Å². The van der Waals surface area contributed by atoms with Gasteiger partial charge < -0.3 is 4.74 Å². The monoisotopic (exact) mass is 626 g/mol. The molecule has 0 N–H and O–H groups in total. The molecule has 4 aliphatic carbocycles. The lowest BCUT2D eigenvalue weighted by atomic mass is 9.59. The number of fused-ring (bicyclic) bond motifs is 2. The molecule has 0 aliphatic heterocycles. The lowest BCUT2D eigenvalue weighted by molar-refractivity contribution is -0.0689. The Morgan fingerprint density at radius 1 is 0.600 bits per heavy atom. The minimum absolute atomic E-state index is 0.235. The number of hydrogen-bond donors (Lipinski definition) is 0. The maximum absolute atomic E-state index is 6.56. The SMILES string of the molecule is COC1C(c2ccccc2)C2CC(C)C([Si](C)(C)C3C(C)CC4C(c5ccccc5)CC(C(C)(C)C)CC43)C2CC1C(C)(C)C. The smallest absolute Gasteiger partial charge is 0.0675 e. The summed E-state index contributed by atoms with van der Waals surface area (Å²) in [6, 6.07) is 23.3. The molecule has 0 spiro atoms. The van der Waals surface area contributed by atoms with E-state index in [-0.39, 0.29) is 5.41 Å². The van der Waals surface area contributed by atoms with Crippen LogP contribution in [0.5, 0.6) is 0 Å². The van der Waals surface area contributed by atoms with Crippen molar-refractivity contribution >= 4 is 8.07 Å². The lowest BCUT2D eigenvalue weighted by Crippen LogP contribution is -2.51. The van der Waals surface area contributed by atoms with Gasteiger partial charge in [0.1, 0.15) is 0 Å². The predicted molar refractivity (Wildman–Crippen MR) is 195 cm³/mol. The van der Waals surface area contributed by atoms with Gasteiger partial charge in [0.25, 0.3) is 0 Å². The zero-order chi connectivity index (χ0) is 32.5. The molecular weight excluding hydrogens is 561 g/mol. The normalized spacial score (nSPS) is 40.6. The molecule has 248 valence electrons. The summed E-state index contributed by atoms with van der Waals surface area (Å²) in [4.78, 5) is 0. The molecule has 0 radical (unpaired) electrons. The van der Waals surface area contributed by atoms with Crippen LogP contribution in [0.25, 0.3) is 0 Å². The fraction of sp³-hybridized carbons (Fsp3) is 0.721. The van der Waals surface area contributed by atoms with E-state index in [9.17, 15) is 0 Å². The van der Waals surface area contributed by atoms with Crippen LogP contribution in [0.15, 0.2) is 60.7 Å². The fourth-order valence-electron chi connectivity index (χ4n) is 13.1. The topological polar surface area (TPSA) is 9.23 Å². The van der Waals surface area contributed by atoms with Crippen LogP contribution in [0.1, 0.15) is 110 Å². The minimum Gasteiger partial charge on any atom is -0.381 e. The molecule has 0 aromatic heterocycles. The second-order valence-corrected chi connectivity index (χ2v) is 24.3. The highest BCUT2D eigenvalue weighted by atomic mass is 28.3. The second kappa shape index (κ2) is 12.3. The molecule has 2 aromatic carbocycles. The van der Waals surface area contributed by atoms with Gasteiger partial charge >= 0.3 is 0 Å². The Morgan fingerprint density at radius 3 is 1.62 bits per heavy atom. The van der Waals surface area contributed by atoms with E-state index in [2.05, 4.69) is 129 Å². The maximum Gasteiger partial charge on any atom is 0.0675 e. The molecule has 4 fully saturated rings. The van der Waals surface area contributed by atoms with E-state index in [4.69, 9.17) is 4.74 Å². The van der Waals surface area contributed by atoms with Gasteiger partial charge in [-0.05, 0) is 118 Å². The van der Waals surface area contributed by atoms with Crippen molar-refractivity contribution in [2.24, 2.45) is 58.2 Å². The molecule has 4 saturated carbocycles. The first-order valence-corrected chi connectivity index (χ1v) is 21.9. The third kappa shape index (κ3) is 5.96. The number of methoxy groups -OCH3 is 1. The Labute approximate surface area is 278 Å². The zero-order valence-electron chi connectivity index (χ0n) is 30.7. The van der Waals surface area contributed by atoms with Crippen molar-refractivity contribution in [2.75, 3.05) is 7.11 Å². The average Bonchev–Trinajstić information content (AvgIpc) is 3.51. The van der Waals surface area contributed by atoms with Gasteiger partial charge in [-0.3, -0.25) is 0 Å². The van der Waals surface area contributed by atoms with E-state index >= 15 is 0 Å². The number of hydrogen-bond acceptors (Lipinski definition) is 1. The van der Waals surface area contributed by atoms with E-state index in [1.165, 1.54) is 37.7 Å². The predicted octanol–water partition coefficient (Wildman–Crippen LogP) is 12.1. The first kappa shape index (κ1) is 33.5. The highest BCUT2D eigenvalue weighted by Gasteiger charge is 2.63. The van der Waals surface area contributed by atoms with Crippen molar-refractivity contribution in [2.45, 2.75) is 130 Å². The Kier molecular flexibility index (Phi) is 9.13. The number of ether oxygens (including phenoxy) is 1. The highest BCUT2D eigenvalue weighted by molar-refractivity contribution is 6.80. The van der Waals surface area contributed by atoms with Crippen molar-refractivity contribution in [1.29, 1.82) is 0 Å². The summed E-state index contributed by atoms with van der Waals surface area (Å²) in [5.74, 6) is 7.57. The summed E-state index contributed by atoms with van der Waals surface area (Å²) in [7, 11) is 0.315. The molecule has 45 heavy (non-hydrogen) atoms. The summed E-state index contributed by atoms with van der Waals surface area (Å²) in [5, 5.41) is 0. The van der Waals surface area contributed by atoms with Crippen LogP contribution < -0.4 is 0 Å². The summed E-state index contributed by atoms with van der Waals surface area (Å²) in [6.07, 6.45) is 7.33. The Bertz CT molecular complexity index is 1270. The minimum atomic E-state index is -1.69. The van der Waals surface area contributed by atoms with Crippen LogP contribution in [-0.2, 0) is 4.74 Å². The Balaban J connectivity index is 1.39. The largest absolute Gasteiger partial charge is 0.381 e. The van der Waals surface area contributed by atoms with Crippen molar-refractivity contribution in [3.63, 3.8) is 0 Å².